The molecule has 0 aromatic heterocycles. The van der Waals surface area contributed by atoms with Crippen LogP contribution in [0.2, 0.25) is 0 Å². The third kappa shape index (κ3) is 1.65. The van der Waals surface area contributed by atoms with Crippen LogP contribution in [-0.4, -0.2) is 18.5 Å². The molecular formula is C8H6BrFO3. The molecule has 0 radical (unpaired) electrons. The Hall–Kier alpha value is -1.10. The number of carbonyl (C=O) groups is 1. The molecule has 1 aromatic carbocycles. The quantitative estimate of drug-likeness (QED) is 0.816. The largest absolute Gasteiger partial charge is 0.507 e. The summed E-state index contributed by atoms with van der Waals surface area (Å²) >= 11 is 2.90. The minimum absolute atomic E-state index is 0.0231. The zero-order chi connectivity index (χ0) is 10.0. The predicted molar refractivity (Wildman–Crippen MR) is 47.7 cm³/mol. The molecule has 0 unspecified atom stereocenters. The number of phenols is 1. The molecule has 0 atom stereocenters. The van der Waals surface area contributed by atoms with E-state index in [0.717, 1.165) is 6.07 Å². The maximum atomic E-state index is 13.2. The number of phenolic OH excluding ortho intramolecular Hbond substituents is 1. The first-order chi connectivity index (χ1) is 6.11. The van der Waals surface area contributed by atoms with Crippen LogP contribution in [0.1, 0.15) is 10.4 Å². The Morgan fingerprint density at radius 1 is 1.69 bits per heavy atom. The van der Waals surface area contributed by atoms with Crippen LogP contribution < -0.4 is 4.74 Å². The molecule has 70 valence electrons. The van der Waals surface area contributed by atoms with Crippen LogP contribution in [0, 0.1) is 5.82 Å². The Labute approximate surface area is 82.3 Å². The molecule has 0 amide bonds. The molecule has 0 saturated carbocycles. The summed E-state index contributed by atoms with van der Waals surface area (Å²) in [5, 5.41) is 9.16. The summed E-state index contributed by atoms with van der Waals surface area (Å²) < 4.78 is 18.0. The molecule has 0 aliphatic carbocycles. The van der Waals surface area contributed by atoms with Crippen molar-refractivity contribution in [3.63, 3.8) is 0 Å². The second-order valence-electron chi connectivity index (χ2n) is 2.26. The zero-order valence-electron chi connectivity index (χ0n) is 6.67. The first-order valence-corrected chi connectivity index (χ1v) is 4.11. The van der Waals surface area contributed by atoms with Crippen molar-refractivity contribution in [3.05, 3.63) is 21.9 Å². The molecule has 5 heteroatoms. The van der Waals surface area contributed by atoms with Gasteiger partial charge in [0.05, 0.1) is 17.1 Å². The molecule has 13 heavy (non-hydrogen) atoms. The standard InChI is InChI=1S/C8H6BrFO3/c1-13-6-2-5(12)4(3-11)8(10)7(6)9/h2-3,12H,1H3. The van der Waals surface area contributed by atoms with Gasteiger partial charge < -0.3 is 9.84 Å². The summed E-state index contributed by atoms with van der Waals surface area (Å²) in [5.41, 5.74) is -0.382. The lowest BCUT2D eigenvalue weighted by molar-refractivity contribution is 0.111. The molecule has 0 saturated heterocycles. The van der Waals surface area contributed by atoms with Crippen LogP contribution in [0.3, 0.4) is 0 Å². The number of halogens is 2. The minimum atomic E-state index is -0.827. The van der Waals surface area contributed by atoms with E-state index < -0.39 is 11.6 Å². The number of methoxy groups -OCH3 is 1. The summed E-state index contributed by atoms with van der Waals surface area (Å²) in [6, 6.07) is 1.16. The predicted octanol–water partition coefficient (Wildman–Crippen LogP) is 2.11. The lowest BCUT2D eigenvalue weighted by Gasteiger charge is -2.06. The van der Waals surface area contributed by atoms with Crippen molar-refractivity contribution < 1.29 is 19.0 Å². The van der Waals surface area contributed by atoms with Crippen molar-refractivity contribution in [3.8, 4) is 11.5 Å². The van der Waals surface area contributed by atoms with E-state index >= 15 is 0 Å². The van der Waals surface area contributed by atoms with E-state index in [1.54, 1.807) is 0 Å². The fourth-order valence-electron chi connectivity index (χ4n) is 0.865. The molecule has 0 bridgehead atoms. The van der Waals surface area contributed by atoms with Gasteiger partial charge in [-0.25, -0.2) is 4.39 Å². The summed E-state index contributed by atoms with van der Waals surface area (Å²) in [7, 11) is 1.33. The van der Waals surface area contributed by atoms with E-state index in [-0.39, 0.29) is 22.1 Å². The van der Waals surface area contributed by atoms with Crippen molar-refractivity contribution in [1.82, 2.24) is 0 Å². The van der Waals surface area contributed by atoms with Gasteiger partial charge in [0.2, 0.25) is 0 Å². The Bertz CT molecular complexity index is 352. The van der Waals surface area contributed by atoms with Gasteiger partial charge in [0.25, 0.3) is 0 Å². The highest BCUT2D eigenvalue weighted by atomic mass is 79.9. The average Bonchev–Trinajstić information content (AvgIpc) is 2.12. The molecule has 0 aliphatic rings. The molecular weight excluding hydrogens is 243 g/mol. The monoisotopic (exact) mass is 248 g/mol. The van der Waals surface area contributed by atoms with Crippen molar-refractivity contribution >= 4 is 22.2 Å². The SMILES string of the molecule is COc1cc(O)c(C=O)c(F)c1Br. The van der Waals surface area contributed by atoms with Gasteiger partial charge in [0.1, 0.15) is 11.5 Å². The van der Waals surface area contributed by atoms with Gasteiger partial charge in [0, 0.05) is 6.07 Å². The van der Waals surface area contributed by atoms with Gasteiger partial charge in [0.15, 0.2) is 12.1 Å². The first kappa shape index (κ1) is 9.98. The number of aldehydes is 1. The summed E-state index contributed by atoms with van der Waals surface area (Å²) in [6.45, 7) is 0. The fourth-order valence-corrected chi connectivity index (χ4v) is 1.35. The van der Waals surface area contributed by atoms with Crippen molar-refractivity contribution in [2.45, 2.75) is 0 Å². The molecule has 3 nitrogen and oxygen atoms in total. The highest BCUT2D eigenvalue weighted by molar-refractivity contribution is 9.10. The Balaban J connectivity index is 3.45. The first-order valence-electron chi connectivity index (χ1n) is 3.32. The second kappa shape index (κ2) is 3.74. The smallest absolute Gasteiger partial charge is 0.156 e. The van der Waals surface area contributed by atoms with E-state index in [4.69, 9.17) is 9.84 Å². The third-order valence-electron chi connectivity index (χ3n) is 1.53. The number of benzene rings is 1. The second-order valence-corrected chi connectivity index (χ2v) is 3.05. The summed E-state index contributed by atoms with van der Waals surface area (Å²) in [4.78, 5) is 10.3. The van der Waals surface area contributed by atoms with E-state index in [0.29, 0.717) is 0 Å². The van der Waals surface area contributed by atoms with Crippen molar-refractivity contribution in [2.24, 2.45) is 0 Å². The number of hydrogen-bond acceptors (Lipinski definition) is 3. The maximum Gasteiger partial charge on any atom is 0.156 e. The molecule has 1 aromatic rings. The number of carbonyl (C=O) groups excluding carboxylic acids is 1. The lowest BCUT2D eigenvalue weighted by Crippen LogP contribution is -1.94. The highest BCUT2D eigenvalue weighted by Gasteiger charge is 2.15. The van der Waals surface area contributed by atoms with Gasteiger partial charge in [-0.15, -0.1) is 0 Å². The summed E-state index contributed by atoms with van der Waals surface area (Å²) in [5.74, 6) is -1.12. The van der Waals surface area contributed by atoms with E-state index in [9.17, 15) is 9.18 Å². The topological polar surface area (TPSA) is 46.5 Å². The molecule has 0 spiro atoms. The number of aromatic hydroxyl groups is 1. The van der Waals surface area contributed by atoms with Crippen LogP contribution in [0.25, 0.3) is 0 Å². The van der Waals surface area contributed by atoms with Gasteiger partial charge >= 0.3 is 0 Å². The van der Waals surface area contributed by atoms with E-state index in [2.05, 4.69) is 15.9 Å². The molecule has 0 heterocycles. The van der Waals surface area contributed by atoms with Crippen molar-refractivity contribution in [2.75, 3.05) is 7.11 Å². The van der Waals surface area contributed by atoms with Gasteiger partial charge in [-0.3, -0.25) is 4.79 Å². The van der Waals surface area contributed by atoms with Crippen LogP contribution in [-0.2, 0) is 0 Å². The third-order valence-corrected chi connectivity index (χ3v) is 2.27. The highest BCUT2D eigenvalue weighted by Crippen LogP contribution is 2.34. The van der Waals surface area contributed by atoms with Crippen LogP contribution >= 0.6 is 15.9 Å². The van der Waals surface area contributed by atoms with Gasteiger partial charge in [-0.05, 0) is 15.9 Å². The van der Waals surface area contributed by atoms with Crippen LogP contribution in [0.15, 0.2) is 10.5 Å². The maximum absolute atomic E-state index is 13.2. The van der Waals surface area contributed by atoms with Crippen LogP contribution in [0.5, 0.6) is 11.5 Å². The number of rotatable bonds is 2. The van der Waals surface area contributed by atoms with Gasteiger partial charge in [-0.2, -0.15) is 0 Å². The molecule has 1 N–H and O–H groups in total. The Kier molecular flexibility index (Phi) is 2.87. The minimum Gasteiger partial charge on any atom is -0.507 e. The van der Waals surface area contributed by atoms with Crippen LogP contribution in [0.4, 0.5) is 4.39 Å². The van der Waals surface area contributed by atoms with Crippen molar-refractivity contribution in [1.29, 1.82) is 0 Å². The van der Waals surface area contributed by atoms with E-state index in [1.165, 1.54) is 7.11 Å². The normalized spacial score (nSPS) is 9.77. The number of hydrogen-bond donors (Lipinski definition) is 1. The molecule has 1 rings (SSSR count). The average molecular weight is 249 g/mol. The van der Waals surface area contributed by atoms with Gasteiger partial charge in [-0.1, -0.05) is 0 Å². The summed E-state index contributed by atoms with van der Waals surface area (Å²) in [6.07, 6.45) is 0.245. The molecule has 0 aliphatic heterocycles. The zero-order valence-corrected chi connectivity index (χ0v) is 8.26. The Morgan fingerprint density at radius 3 is 2.77 bits per heavy atom. The Morgan fingerprint density at radius 2 is 2.31 bits per heavy atom. The fraction of sp³-hybridized carbons (Fsp3) is 0.125. The molecule has 0 fully saturated rings. The lowest BCUT2D eigenvalue weighted by atomic mass is 10.2. The van der Waals surface area contributed by atoms with E-state index in [1.807, 2.05) is 0 Å². The number of ether oxygens (including phenoxy) is 1.